The molecule has 3 heterocycles. The lowest BCUT2D eigenvalue weighted by Gasteiger charge is -2.09. The Bertz CT molecular complexity index is 965. The van der Waals surface area contributed by atoms with Crippen LogP contribution in [0, 0.1) is 0 Å². The first-order valence-electron chi connectivity index (χ1n) is 6.97. The molecule has 4 rings (SSSR count). The summed E-state index contributed by atoms with van der Waals surface area (Å²) in [6.07, 6.45) is 5.55. The molecule has 0 aliphatic carbocycles. The maximum atomic E-state index is 11.8. The zero-order valence-electron chi connectivity index (χ0n) is 11.7. The van der Waals surface area contributed by atoms with Gasteiger partial charge in [0, 0.05) is 31.2 Å². The van der Waals surface area contributed by atoms with E-state index >= 15 is 0 Å². The van der Waals surface area contributed by atoms with E-state index in [2.05, 4.69) is 33.9 Å². The van der Waals surface area contributed by atoms with E-state index in [4.69, 9.17) is 0 Å². The second-order valence-corrected chi connectivity index (χ2v) is 5.98. The molecule has 0 amide bonds. The molecule has 1 aromatic carbocycles. The van der Waals surface area contributed by atoms with Gasteiger partial charge in [-0.1, -0.05) is 12.1 Å². The topological polar surface area (TPSA) is 39.8 Å². The summed E-state index contributed by atoms with van der Waals surface area (Å²) in [7, 11) is 0. The summed E-state index contributed by atoms with van der Waals surface area (Å²) in [5.74, 6) is 0. The van der Waals surface area contributed by atoms with Crippen LogP contribution in [0.5, 0.6) is 0 Å². The maximum absolute atomic E-state index is 11.8. The smallest absolute Gasteiger partial charge is 0.199 e. The number of hydrogen-bond donors (Lipinski definition) is 0. The highest BCUT2D eigenvalue weighted by Crippen LogP contribution is 2.18. The Hall–Kier alpha value is -2.66. The second-order valence-electron chi connectivity index (χ2n) is 5.06. The third-order valence-corrected chi connectivity index (χ3v) is 4.56. The zero-order valence-corrected chi connectivity index (χ0v) is 12.5. The average molecular weight is 307 g/mol. The van der Waals surface area contributed by atoms with E-state index in [-0.39, 0.29) is 5.43 Å². The summed E-state index contributed by atoms with van der Waals surface area (Å²) in [6.45, 7) is 0.743. The van der Waals surface area contributed by atoms with Crippen molar-refractivity contribution in [3.05, 3.63) is 82.2 Å². The SMILES string of the molecule is O=c1ccn(Cc2ccc(-n3cccn3)cc2)c2ccsc12. The van der Waals surface area contributed by atoms with Crippen molar-refractivity contribution in [2.24, 2.45) is 0 Å². The average Bonchev–Trinajstić information content (AvgIpc) is 3.22. The van der Waals surface area contributed by atoms with Crippen molar-refractivity contribution in [2.75, 3.05) is 0 Å². The van der Waals surface area contributed by atoms with Gasteiger partial charge in [0.05, 0.1) is 15.9 Å². The normalized spacial score (nSPS) is 11.1. The molecule has 5 heteroatoms. The molecule has 0 unspecified atom stereocenters. The molecule has 0 aliphatic rings. The minimum Gasteiger partial charge on any atom is -0.342 e. The molecule has 0 radical (unpaired) electrons. The van der Waals surface area contributed by atoms with Crippen molar-refractivity contribution in [3.63, 3.8) is 0 Å². The molecule has 0 bridgehead atoms. The standard InChI is InChI=1S/C17H13N3OS/c21-16-6-10-19(15-7-11-22-17(15)16)12-13-2-4-14(5-3-13)20-9-1-8-18-20/h1-11H,12H2. The number of aromatic nitrogens is 3. The van der Waals surface area contributed by atoms with Crippen LogP contribution in [0.25, 0.3) is 15.9 Å². The Balaban J connectivity index is 1.67. The van der Waals surface area contributed by atoms with E-state index < -0.39 is 0 Å². The van der Waals surface area contributed by atoms with Gasteiger partial charge in [-0.05, 0) is 35.2 Å². The summed E-state index contributed by atoms with van der Waals surface area (Å²) in [4.78, 5) is 11.8. The predicted molar refractivity (Wildman–Crippen MR) is 88.8 cm³/mol. The van der Waals surface area contributed by atoms with E-state index in [0.717, 1.165) is 22.4 Å². The van der Waals surface area contributed by atoms with E-state index in [9.17, 15) is 4.79 Å². The predicted octanol–water partition coefficient (Wildman–Crippen LogP) is 3.30. The van der Waals surface area contributed by atoms with Crippen LogP contribution < -0.4 is 5.43 Å². The van der Waals surface area contributed by atoms with E-state index in [1.807, 2.05) is 34.6 Å². The molecule has 0 saturated heterocycles. The molecule has 0 N–H and O–H groups in total. The summed E-state index contributed by atoms with van der Waals surface area (Å²) in [5.41, 5.74) is 3.31. The summed E-state index contributed by atoms with van der Waals surface area (Å²) in [6, 6.07) is 13.8. The Kier molecular flexibility index (Phi) is 3.12. The zero-order chi connectivity index (χ0) is 14.9. The molecule has 0 fully saturated rings. The third kappa shape index (κ3) is 2.25. The monoisotopic (exact) mass is 307 g/mol. The molecule has 0 atom stereocenters. The van der Waals surface area contributed by atoms with Crippen molar-refractivity contribution in [3.8, 4) is 5.69 Å². The molecule has 108 valence electrons. The maximum Gasteiger partial charge on any atom is 0.199 e. The number of thiophene rings is 1. The van der Waals surface area contributed by atoms with Crippen molar-refractivity contribution >= 4 is 21.6 Å². The van der Waals surface area contributed by atoms with Crippen LogP contribution in [-0.2, 0) is 6.54 Å². The van der Waals surface area contributed by atoms with Gasteiger partial charge in [-0.15, -0.1) is 11.3 Å². The highest BCUT2D eigenvalue weighted by Gasteiger charge is 2.05. The minimum absolute atomic E-state index is 0.0929. The fourth-order valence-electron chi connectivity index (χ4n) is 2.54. The molecule has 4 aromatic rings. The quantitative estimate of drug-likeness (QED) is 0.582. The third-order valence-electron chi connectivity index (χ3n) is 3.64. The summed E-state index contributed by atoms with van der Waals surface area (Å²) >= 11 is 1.49. The molecule has 22 heavy (non-hydrogen) atoms. The number of nitrogens with zero attached hydrogens (tertiary/aromatic N) is 3. The van der Waals surface area contributed by atoms with Crippen LogP contribution in [0.1, 0.15) is 5.56 Å². The van der Waals surface area contributed by atoms with Crippen LogP contribution in [0.2, 0.25) is 0 Å². The first kappa shape index (κ1) is 13.0. The Morgan fingerprint density at radius 1 is 1.05 bits per heavy atom. The van der Waals surface area contributed by atoms with Crippen molar-refractivity contribution in [1.29, 1.82) is 0 Å². The van der Waals surface area contributed by atoms with Gasteiger partial charge in [0.2, 0.25) is 0 Å². The molecular weight excluding hydrogens is 294 g/mol. The van der Waals surface area contributed by atoms with Gasteiger partial charge in [-0.3, -0.25) is 4.79 Å². The van der Waals surface area contributed by atoms with Crippen molar-refractivity contribution in [2.45, 2.75) is 6.54 Å². The van der Waals surface area contributed by atoms with Gasteiger partial charge in [0.25, 0.3) is 0 Å². The van der Waals surface area contributed by atoms with E-state index in [0.29, 0.717) is 0 Å². The van der Waals surface area contributed by atoms with Gasteiger partial charge in [-0.25, -0.2) is 4.68 Å². The van der Waals surface area contributed by atoms with Gasteiger partial charge in [0.1, 0.15) is 0 Å². The van der Waals surface area contributed by atoms with Gasteiger partial charge in [0.15, 0.2) is 5.43 Å². The summed E-state index contributed by atoms with van der Waals surface area (Å²) < 4.78 is 4.76. The highest BCUT2D eigenvalue weighted by atomic mass is 32.1. The molecule has 4 nitrogen and oxygen atoms in total. The van der Waals surface area contributed by atoms with Crippen molar-refractivity contribution in [1.82, 2.24) is 14.3 Å². The Morgan fingerprint density at radius 2 is 1.91 bits per heavy atom. The largest absolute Gasteiger partial charge is 0.342 e. The molecular formula is C17H13N3OS. The Labute approximate surface area is 130 Å². The van der Waals surface area contributed by atoms with E-state index in [1.165, 1.54) is 16.9 Å². The van der Waals surface area contributed by atoms with Crippen molar-refractivity contribution < 1.29 is 0 Å². The van der Waals surface area contributed by atoms with Crippen LogP contribution in [0.3, 0.4) is 0 Å². The van der Waals surface area contributed by atoms with Crippen LogP contribution in [-0.4, -0.2) is 14.3 Å². The lowest BCUT2D eigenvalue weighted by Crippen LogP contribution is -2.07. The number of fused-ring (bicyclic) bond motifs is 1. The molecule has 3 aromatic heterocycles. The molecule has 0 aliphatic heterocycles. The highest BCUT2D eigenvalue weighted by molar-refractivity contribution is 7.17. The summed E-state index contributed by atoms with van der Waals surface area (Å²) in [5, 5.41) is 6.18. The lowest BCUT2D eigenvalue weighted by molar-refractivity contribution is 0.823. The van der Waals surface area contributed by atoms with E-state index in [1.54, 1.807) is 12.3 Å². The first-order valence-corrected chi connectivity index (χ1v) is 7.85. The number of benzene rings is 1. The fraction of sp³-hybridized carbons (Fsp3) is 0.0588. The lowest BCUT2D eigenvalue weighted by atomic mass is 10.2. The molecule has 0 saturated carbocycles. The number of rotatable bonds is 3. The first-order chi connectivity index (χ1) is 10.8. The minimum atomic E-state index is 0.0929. The van der Waals surface area contributed by atoms with Crippen LogP contribution >= 0.6 is 11.3 Å². The number of hydrogen-bond acceptors (Lipinski definition) is 3. The van der Waals surface area contributed by atoms with Crippen LogP contribution in [0.4, 0.5) is 0 Å². The van der Waals surface area contributed by atoms with Gasteiger partial charge >= 0.3 is 0 Å². The van der Waals surface area contributed by atoms with Gasteiger partial charge in [-0.2, -0.15) is 5.10 Å². The Morgan fingerprint density at radius 3 is 2.68 bits per heavy atom. The second kappa shape index (κ2) is 5.27. The van der Waals surface area contributed by atoms with Crippen LogP contribution in [0.15, 0.2) is 71.2 Å². The fourth-order valence-corrected chi connectivity index (χ4v) is 3.36. The van der Waals surface area contributed by atoms with Gasteiger partial charge < -0.3 is 4.57 Å². The molecule has 0 spiro atoms. The number of pyridine rings is 1.